The van der Waals surface area contributed by atoms with Crippen molar-refractivity contribution < 1.29 is 43.2 Å². The average Bonchev–Trinajstić information content (AvgIpc) is 2.90. The summed E-state index contributed by atoms with van der Waals surface area (Å²) in [6.07, 6.45) is 3.61. The average molecular weight is 561 g/mol. The number of amides is 2. The summed E-state index contributed by atoms with van der Waals surface area (Å²) in [5, 5.41) is 13.7. The molecule has 220 valence electrons. The predicted molar refractivity (Wildman–Crippen MR) is 147 cm³/mol. The molecular weight excluding hydrogens is 520 g/mol. The zero-order valence-corrected chi connectivity index (χ0v) is 24.1. The number of ether oxygens (including phenoxy) is 4. The van der Waals surface area contributed by atoms with Crippen LogP contribution in [-0.4, -0.2) is 74.4 Å². The van der Waals surface area contributed by atoms with Gasteiger partial charge in [0.05, 0.1) is 25.0 Å². The summed E-state index contributed by atoms with van der Waals surface area (Å²) < 4.78 is 21.7. The molecule has 2 bridgehead atoms. The van der Waals surface area contributed by atoms with Gasteiger partial charge in [0, 0.05) is 37.4 Å². The van der Waals surface area contributed by atoms with Gasteiger partial charge in [-0.2, -0.15) is 0 Å². The Balaban J connectivity index is 2.60. The van der Waals surface area contributed by atoms with Crippen LogP contribution in [0.5, 0.6) is 0 Å². The molecule has 0 aromatic carbocycles. The topological polar surface area (TPSA) is 163 Å². The van der Waals surface area contributed by atoms with Crippen LogP contribution in [0.4, 0.5) is 4.79 Å². The molecule has 0 aromatic heterocycles. The van der Waals surface area contributed by atoms with Gasteiger partial charge in [-0.05, 0) is 38.2 Å². The molecule has 0 radical (unpaired) electrons. The number of hydrogen-bond acceptors (Lipinski definition) is 9. The maximum absolute atomic E-state index is 13.3. The summed E-state index contributed by atoms with van der Waals surface area (Å²) in [6, 6.07) is 0. The van der Waals surface area contributed by atoms with E-state index in [0.717, 1.165) is 6.08 Å². The number of carbonyl (C=O) groups excluding carboxylic acids is 4. The standard InChI is InChI=1S/C29H40N2O9/c1-15-11-19-25(34)20(14-21(32)27(19)39-7)31-28(35)16(2)9-8-10-22(37-5)26(40-29(30)36)18(4)13-17(3)24(33)23(12-15)38-6/h8-10,13-15,17,22-24,26,33H,11-12H2,1-7H3,(H2,30,36)(H,31,35)/b10-8?,16-9+,18-13-/t15-,17-,22-,23-,24+,26?/m1/s1. The number of rotatable bonds is 4. The van der Waals surface area contributed by atoms with Crippen LogP contribution in [0.15, 0.2) is 58.6 Å². The number of aliphatic hydroxyl groups excluding tert-OH is 1. The minimum absolute atomic E-state index is 0.0801. The number of nitrogens with two attached hydrogens (primary N) is 1. The monoisotopic (exact) mass is 560 g/mol. The second-order valence-electron chi connectivity index (χ2n) is 10.1. The van der Waals surface area contributed by atoms with Gasteiger partial charge in [0.1, 0.15) is 6.10 Å². The molecule has 1 heterocycles. The number of ketones is 2. The summed E-state index contributed by atoms with van der Waals surface area (Å²) in [4.78, 5) is 50.6. The van der Waals surface area contributed by atoms with Gasteiger partial charge in [0.2, 0.25) is 11.6 Å². The zero-order chi connectivity index (χ0) is 30.1. The molecule has 0 spiro atoms. The third-order valence-corrected chi connectivity index (χ3v) is 6.95. The molecule has 0 saturated carbocycles. The van der Waals surface area contributed by atoms with E-state index in [2.05, 4.69) is 5.32 Å². The normalized spacial score (nSPS) is 31.9. The highest BCUT2D eigenvalue weighted by atomic mass is 16.6. The molecule has 2 amide bonds. The van der Waals surface area contributed by atoms with Gasteiger partial charge in [0.25, 0.3) is 5.91 Å². The van der Waals surface area contributed by atoms with Crippen molar-refractivity contribution >= 4 is 23.6 Å². The molecule has 11 heteroatoms. The van der Waals surface area contributed by atoms with Crippen LogP contribution >= 0.6 is 0 Å². The largest absolute Gasteiger partial charge is 0.492 e. The second kappa shape index (κ2) is 14.7. The van der Waals surface area contributed by atoms with Crippen LogP contribution in [-0.2, 0) is 33.3 Å². The Kier molecular flexibility index (Phi) is 12.0. The van der Waals surface area contributed by atoms with E-state index in [1.54, 1.807) is 32.1 Å². The highest BCUT2D eigenvalue weighted by molar-refractivity contribution is 6.23. The molecule has 1 aliphatic heterocycles. The first-order valence-corrected chi connectivity index (χ1v) is 13.0. The van der Waals surface area contributed by atoms with Crippen molar-refractivity contribution in [1.82, 2.24) is 5.32 Å². The van der Waals surface area contributed by atoms with Crippen LogP contribution in [0.2, 0.25) is 0 Å². The molecule has 40 heavy (non-hydrogen) atoms. The van der Waals surface area contributed by atoms with Gasteiger partial charge in [-0.25, -0.2) is 4.79 Å². The number of Topliss-reactive ketones (excluding diaryl/α,β-unsaturated/α-hetero) is 1. The summed E-state index contributed by atoms with van der Waals surface area (Å²) in [7, 11) is 4.21. The molecule has 0 saturated heterocycles. The molecule has 1 aliphatic carbocycles. The van der Waals surface area contributed by atoms with Crippen LogP contribution in [0.3, 0.4) is 0 Å². The van der Waals surface area contributed by atoms with E-state index >= 15 is 0 Å². The van der Waals surface area contributed by atoms with Crippen molar-refractivity contribution in [3.63, 3.8) is 0 Å². The quantitative estimate of drug-likeness (QED) is 0.346. The number of primary amides is 1. The fraction of sp³-hybridized carbons (Fsp3) is 0.517. The lowest BCUT2D eigenvalue weighted by Gasteiger charge is -2.29. The number of fused-ring (bicyclic) bond motifs is 2. The minimum atomic E-state index is -1.00. The summed E-state index contributed by atoms with van der Waals surface area (Å²) >= 11 is 0. The Labute approximate surface area is 234 Å². The number of aliphatic hydroxyl groups is 1. The van der Waals surface area contributed by atoms with E-state index in [-0.39, 0.29) is 34.9 Å². The minimum Gasteiger partial charge on any atom is -0.492 e. The Hall–Kier alpha value is -3.54. The molecule has 0 fully saturated rings. The first kappa shape index (κ1) is 32.7. The molecule has 0 aromatic rings. The Bertz CT molecular complexity index is 1150. The highest BCUT2D eigenvalue weighted by Crippen LogP contribution is 2.29. The third kappa shape index (κ3) is 8.23. The molecule has 2 aliphatic rings. The lowest BCUT2D eigenvalue weighted by Crippen LogP contribution is -2.37. The van der Waals surface area contributed by atoms with E-state index in [1.165, 1.54) is 34.3 Å². The van der Waals surface area contributed by atoms with E-state index < -0.39 is 53.9 Å². The fourth-order valence-electron chi connectivity index (χ4n) is 4.78. The Morgan fingerprint density at radius 2 is 1.77 bits per heavy atom. The third-order valence-electron chi connectivity index (χ3n) is 6.95. The van der Waals surface area contributed by atoms with Crippen LogP contribution in [0, 0.1) is 11.8 Å². The molecule has 11 nitrogen and oxygen atoms in total. The van der Waals surface area contributed by atoms with Crippen molar-refractivity contribution in [1.29, 1.82) is 0 Å². The van der Waals surface area contributed by atoms with Gasteiger partial charge >= 0.3 is 6.09 Å². The van der Waals surface area contributed by atoms with Gasteiger partial charge in [-0.15, -0.1) is 0 Å². The van der Waals surface area contributed by atoms with E-state index in [0.29, 0.717) is 12.0 Å². The SMILES string of the molecule is COC1=C2C[C@@H](C)C[C@@H](OC)[C@@H](O)[C@H](C)/C=C(/C)C(OC(N)=O)[C@H](OC)C=C/C=C(\C)C(=O)NC(=CC1=O)C2=O. The summed E-state index contributed by atoms with van der Waals surface area (Å²) in [5.74, 6) is -2.39. The number of nitrogens with one attached hydrogen (secondary N) is 1. The number of hydrogen-bond donors (Lipinski definition) is 3. The smallest absolute Gasteiger partial charge is 0.405 e. The van der Waals surface area contributed by atoms with Crippen LogP contribution < -0.4 is 11.1 Å². The summed E-state index contributed by atoms with van der Waals surface area (Å²) in [6.45, 7) is 6.92. The molecule has 1 unspecified atom stereocenters. The maximum atomic E-state index is 13.3. The van der Waals surface area contributed by atoms with Crippen LogP contribution in [0.1, 0.15) is 40.5 Å². The zero-order valence-electron chi connectivity index (χ0n) is 24.1. The Morgan fingerprint density at radius 1 is 1.10 bits per heavy atom. The predicted octanol–water partition coefficient (Wildman–Crippen LogP) is 2.41. The lowest BCUT2D eigenvalue weighted by molar-refractivity contribution is -0.120. The second-order valence-corrected chi connectivity index (χ2v) is 10.1. The molecular formula is C29H40N2O9. The van der Waals surface area contributed by atoms with E-state index in [9.17, 15) is 24.3 Å². The highest BCUT2D eigenvalue weighted by Gasteiger charge is 2.34. The maximum Gasteiger partial charge on any atom is 0.405 e. The first-order valence-electron chi connectivity index (χ1n) is 13.0. The number of carbonyl (C=O) groups is 4. The van der Waals surface area contributed by atoms with Crippen molar-refractivity contribution in [3.8, 4) is 0 Å². The van der Waals surface area contributed by atoms with Gasteiger partial charge in [0.15, 0.2) is 11.9 Å². The number of methoxy groups -OCH3 is 3. The van der Waals surface area contributed by atoms with Gasteiger partial charge in [-0.3, -0.25) is 14.4 Å². The van der Waals surface area contributed by atoms with Crippen molar-refractivity contribution in [2.75, 3.05) is 21.3 Å². The number of allylic oxidation sites excluding steroid dienone is 4. The van der Waals surface area contributed by atoms with Gasteiger partial charge in [-0.1, -0.05) is 38.2 Å². The summed E-state index contributed by atoms with van der Waals surface area (Å²) in [5.41, 5.74) is 6.12. The van der Waals surface area contributed by atoms with E-state index in [1.807, 2.05) is 6.92 Å². The van der Waals surface area contributed by atoms with Crippen molar-refractivity contribution in [3.05, 3.63) is 58.6 Å². The van der Waals surface area contributed by atoms with Crippen molar-refractivity contribution in [2.24, 2.45) is 17.6 Å². The molecule has 6 atom stereocenters. The van der Waals surface area contributed by atoms with Crippen molar-refractivity contribution in [2.45, 2.75) is 65.0 Å². The molecule has 2 rings (SSSR count). The fourth-order valence-corrected chi connectivity index (χ4v) is 4.78. The van der Waals surface area contributed by atoms with Gasteiger partial charge < -0.3 is 35.1 Å². The van der Waals surface area contributed by atoms with E-state index in [4.69, 9.17) is 24.7 Å². The molecule has 4 N–H and O–H groups in total. The van der Waals surface area contributed by atoms with Crippen LogP contribution in [0.25, 0.3) is 0 Å². The lowest BCUT2D eigenvalue weighted by atomic mass is 9.85. The first-order chi connectivity index (χ1) is 18.8. The Morgan fingerprint density at radius 3 is 2.35 bits per heavy atom.